The Hall–Kier alpha value is -2.29. The Morgan fingerprint density at radius 2 is 1.97 bits per heavy atom. The van der Waals surface area contributed by atoms with Gasteiger partial charge in [-0.15, -0.1) is 11.8 Å². The van der Waals surface area contributed by atoms with Gasteiger partial charge in [-0.2, -0.15) is 9.61 Å². The summed E-state index contributed by atoms with van der Waals surface area (Å²) in [6.07, 6.45) is 11.6. The standard InChI is InChI=1S/C25H25BrClN5OS/c1-34-22-9-5-3-7-18(22)25(33)31-12-10-16(11-13-31)29-23-14-21(17-6-2-4-8-20(17)27)30-24-19(26)15-28-32(23)24/h3,5-9,14-16,29H,2,4,10-13H2,1H3. The van der Waals surface area contributed by atoms with Crippen molar-refractivity contribution >= 4 is 62.2 Å². The molecule has 1 aliphatic heterocycles. The fraction of sp³-hybridized carbons (Fsp3) is 0.320. The zero-order chi connectivity index (χ0) is 23.7. The van der Waals surface area contributed by atoms with E-state index < -0.39 is 0 Å². The van der Waals surface area contributed by atoms with Crippen LogP contribution in [0, 0.1) is 0 Å². The number of benzene rings is 1. The number of nitrogens with one attached hydrogen (secondary N) is 1. The van der Waals surface area contributed by atoms with E-state index in [0.29, 0.717) is 13.1 Å². The van der Waals surface area contributed by atoms with Crippen molar-refractivity contribution in [3.8, 4) is 0 Å². The second-order valence-electron chi connectivity index (χ2n) is 8.41. The Morgan fingerprint density at radius 3 is 2.74 bits per heavy atom. The molecule has 1 fully saturated rings. The van der Waals surface area contributed by atoms with E-state index in [1.807, 2.05) is 52.1 Å². The molecule has 3 heterocycles. The Kier molecular flexibility index (Phi) is 6.99. The van der Waals surface area contributed by atoms with E-state index in [-0.39, 0.29) is 11.9 Å². The first-order valence-corrected chi connectivity index (χ1v) is 13.7. The van der Waals surface area contributed by atoms with Gasteiger partial charge in [0.2, 0.25) is 0 Å². The van der Waals surface area contributed by atoms with E-state index in [9.17, 15) is 4.79 Å². The number of allylic oxidation sites excluding steroid dienone is 4. The maximum absolute atomic E-state index is 13.1. The number of halogens is 2. The SMILES string of the molecule is CSc1ccccc1C(=O)N1CCC(Nc2cc(C3=CCCC=C3Cl)nc3c(Br)cnn23)CC1. The van der Waals surface area contributed by atoms with Crippen LogP contribution in [0.5, 0.6) is 0 Å². The van der Waals surface area contributed by atoms with Crippen molar-refractivity contribution in [2.75, 3.05) is 24.7 Å². The first-order chi connectivity index (χ1) is 16.5. The Labute approximate surface area is 216 Å². The third-order valence-electron chi connectivity index (χ3n) is 6.27. The summed E-state index contributed by atoms with van der Waals surface area (Å²) in [5, 5.41) is 8.90. The zero-order valence-corrected chi connectivity index (χ0v) is 22.0. The molecule has 1 N–H and O–H groups in total. The number of aromatic nitrogens is 3. The molecule has 0 unspecified atom stereocenters. The molecule has 0 spiro atoms. The number of piperidine rings is 1. The Bertz CT molecular complexity index is 1300. The molecule has 0 bridgehead atoms. The molecule has 176 valence electrons. The molecule has 1 aliphatic carbocycles. The van der Waals surface area contributed by atoms with Gasteiger partial charge >= 0.3 is 0 Å². The van der Waals surface area contributed by atoms with E-state index >= 15 is 0 Å². The van der Waals surface area contributed by atoms with Gasteiger partial charge in [0.1, 0.15) is 5.82 Å². The summed E-state index contributed by atoms with van der Waals surface area (Å²) in [7, 11) is 0. The fourth-order valence-electron chi connectivity index (χ4n) is 4.48. The number of hydrogen-bond donors (Lipinski definition) is 1. The normalized spacial score (nSPS) is 17.0. The van der Waals surface area contributed by atoms with E-state index in [1.165, 1.54) is 0 Å². The lowest BCUT2D eigenvalue weighted by atomic mass is 10.0. The molecule has 0 radical (unpaired) electrons. The highest BCUT2D eigenvalue weighted by atomic mass is 79.9. The summed E-state index contributed by atoms with van der Waals surface area (Å²) in [5.41, 5.74) is 3.32. The van der Waals surface area contributed by atoms with Crippen molar-refractivity contribution in [3.05, 3.63) is 69.4 Å². The number of carbonyl (C=O) groups is 1. The van der Waals surface area contributed by atoms with Crippen molar-refractivity contribution in [1.29, 1.82) is 0 Å². The minimum absolute atomic E-state index is 0.110. The molecule has 0 saturated carbocycles. The van der Waals surface area contributed by atoms with E-state index in [4.69, 9.17) is 16.6 Å². The molecule has 5 rings (SSSR count). The molecule has 34 heavy (non-hydrogen) atoms. The van der Waals surface area contributed by atoms with Crippen molar-refractivity contribution < 1.29 is 4.79 Å². The summed E-state index contributed by atoms with van der Waals surface area (Å²) < 4.78 is 2.66. The largest absolute Gasteiger partial charge is 0.367 e. The molecule has 0 atom stereocenters. The maximum Gasteiger partial charge on any atom is 0.254 e. The topological polar surface area (TPSA) is 62.5 Å². The molecular formula is C25H25BrClN5OS. The van der Waals surface area contributed by atoms with E-state index in [1.54, 1.807) is 18.0 Å². The lowest BCUT2D eigenvalue weighted by Crippen LogP contribution is -2.42. The number of nitrogens with zero attached hydrogens (tertiary/aromatic N) is 4. The van der Waals surface area contributed by atoms with Gasteiger partial charge in [0.25, 0.3) is 5.91 Å². The quantitative estimate of drug-likeness (QED) is 0.376. The minimum Gasteiger partial charge on any atom is -0.367 e. The number of likely N-dealkylation sites (tertiary alicyclic amines) is 1. The van der Waals surface area contributed by atoms with Crippen molar-refractivity contribution in [2.45, 2.75) is 36.6 Å². The summed E-state index contributed by atoms with van der Waals surface area (Å²) in [6.45, 7) is 1.42. The van der Waals surface area contributed by atoms with Gasteiger partial charge in [0.05, 0.1) is 21.9 Å². The lowest BCUT2D eigenvalue weighted by molar-refractivity contribution is 0.0715. The van der Waals surface area contributed by atoms with Gasteiger partial charge in [-0.25, -0.2) is 4.98 Å². The average Bonchev–Trinajstić information content (AvgIpc) is 3.25. The number of thioether (sulfide) groups is 1. The second kappa shape index (κ2) is 10.1. The van der Waals surface area contributed by atoms with Crippen LogP contribution in [0.15, 0.2) is 63.1 Å². The van der Waals surface area contributed by atoms with Gasteiger partial charge in [0.15, 0.2) is 5.65 Å². The van der Waals surface area contributed by atoms with Crippen LogP contribution >= 0.6 is 39.3 Å². The van der Waals surface area contributed by atoms with Crippen LogP contribution in [0.3, 0.4) is 0 Å². The van der Waals surface area contributed by atoms with E-state index in [0.717, 1.165) is 68.4 Å². The van der Waals surface area contributed by atoms with Crippen molar-refractivity contribution in [2.24, 2.45) is 0 Å². The van der Waals surface area contributed by atoms with Gasteiger partial charge in [-0.3, -0.25) is 4.79 Å². The molecule has 2 aromatic heterocycles. The van der Waals surface area contributed by atoms with Crippen LogP contribution in [0.25, 0.3) is 11.2 Å². The first kappa shape index (κ1) is 23.5. The van der Waals surface area contributed by atoms with Crippen LogP contribution in [-0.4, -0.2) is 50.8 Å². The summed E-state index contributed by atoms with van der Waals surface area (Å²) in [6, 6.07) is 10.1. The summed E-state index contributed by atoms with van der Waals surface area (Å²) in [5.74, 6) is 0.984. The fourth-order valence-corrected chi connectivity index (χ4v) is 5.70. The van der Waals surface area contributed by atoms with Crippen LogP contribution < -0.4 is 5.32 Å². The Balaban J connectivity index is 1.34. The predicted molar refractivity (Wildman–Crippen MR) is 143 cm³/mol. The third-order valence-corrected chi connectivity index (χ3v) is 7.99. The van der Waals surface area contributed by atoms with Gasteiger partial charge in [-0.05, 0) is 60.0 Å². The van der Waals surface area contributed by atoms with Crippen LogP contribution in [-0.2, 0) is 0 Å². The first-order valence-electron chi connectivity index (χ1n) is 11.3. The third kappa shape index (κ3) is 4.63. The van der Waals surface area contributed by atoms with Crippen molar-refractivity contribution in [1.82, 2.24) is 19.5 Å². The molecule has 6 nitrogen and oxygen atoms in total. The highest BCUT2D eigenvalue weighted by Gasteiger charge is 2.26. The van der Waals surface area contributed by atoms with Gasteiger partial charge < -0.3 is 10.2 Å². The monoisotopic (exact) mass is 557 g/mol. The molecule has 2 aliphatic rings. The molecular weight excluding hydrogens is 534 g/mol. The molecule has 1 saturated heterocycles. The second-order valence-corrected chi connectivity index (χ2v) is 10.5. The molecule has 9 heteroatoms. The maximum atomic E-state index is 13.1. The predicted octanol–water partition coefficient (Wildman–Crippen LogP) is 6.23. The summed E-state index contributed by atoms with van der Waals surface area (Å²) in [4.78, 5) is 20.9. The number of carbonyl (C=O) groups excluding carboxylic acids is 1. The van der Waals surface area contributed by atoms with Gasteiger partial charge in [-0.1, -0.05) is 35.9 Å². The number of rotatable bonds is 5. The molecule has 1 aromatic carbocycles. The number of amides is 1. The van der Waals surface area contributed by atoms with Gasteiger partial charge in [0, 0.05) is 40.7 Å². The molecule has 1 amide bonds. The Morgan fingerprint density at radius 1 is 1.21 bits per heavy atom. The minimum atomic E-state index is 0.110. The molecule has 3 aromatic rings. The van der Waals surface area contributed by atoms with Crippen LogP contribution in [0.2, 0.25) is 0 Å². The van der Waals surface area contributed by atoms with E-state index in [2.05, 4.69) is 32.4 Å². The van der Waals surface area contributed by atoms with Crippen LogP contribution in [0.1, 0.15) is 41.7 Å². The zero-order valence-electron chi connectivity index (χ0n) is 18.8. The lowest BCUT2D eigenvalue weighted by Gasteiger charge is -2.33. The highest BCUT2D eigenvalue weighted by Crippen LogP contribution is 2.33. The van der Waals surface area contributed by atoms with Crippen LogP contribution in [0.4, 0.5) is 5.82 Å². The number of fused-ring (bicyclic) bond motifs is 1. The highest BCUT2D eigenvalue weighted by molar-refractivity contribution is 9.10. The average molecular weight is 559 g/mol. The smallest absolute Gasteiger partial charge is 0.254 e. The number of hydrogen-bond acceptors (Lipinski definition) is 5. The van der Waals surface area contributed by atoms with Crippen molar-refractivity contribution in [3.63, 3.8) is 0 Å². The summed E-state index contributed by atoms with van der Waals surface area (Å²) >= 11 is 11.7. The number of anilines is 1.